The first-order valence-corrected chi connectivity index (χ1v) is 5.03. The largest absolute Gasteiger partial charge is 0.378 e. The van der Waals surface area contributed by atoms with Crippen LogP contribution >= 0.6 is 0 Å². The predicted octanol–water partition coefficient (Wildman–Crippen LogP) is 1.43. The number of hydrogen-bond acceptors (Lipinski definition) is 4. The molecule has 84 valence electrons. The van der Waals surface area contributed by atoms with Gasteiger partial charge in [0.2, 0.25) is 0 Å². The van der Waals surface area contributed by atoms with Crippen LogP contribution in [-0.2, 0) is 11.3 Å². The third-order valence-electron chi connectivity index (χ3n) is 2.18. The predicted molar refractivity (Wildman–Crippen MR) is 59.3 cm³/mol. The average molecular weight is 218 g/mol. The third-order valence-corrected chi connectivity index (χ3v) is 2.18. The first-order valence-electron chi connectivity index (χ1n) is 5.03. The molecule has 0 atom stereocenters. The summed E-state index contributed by atoms with van der Waals surface area (Å²) in [7, 11) is 1.65. The van der Waals surface area contributed by atoms with Gasteiger partial charge in [0, 0.05) is 13.3 Å². The number of nitrogens with zero attached hydrogens (tertiary/aromatic N) is 4. The molecule has 2 heterocycles. The van der Waals surface area contributed by atoms with Gasteiger partial charge >= 0.3 is 0 Å². The van der Waals surface area contributed by atoms with Crippen molar-refractivity contribution in [2.24, 2.45) is 0 Å². The Labute approximate surface area is 94.1 Å². The van der Waals surface area contributed by atoms with Gasteiger partial charge in [-0.2, -0.15) is 0 Å². The first kappa shape index (κ1) is 10.8. The van der Waals surface area contributed by atoms with Crippen molar-refractivity contribution < 1.29 is 4.74 Å². The van der Waals surface area contributed by atoms with Crippen LogP contribution in [0.5, 0.6) is 0 Å². The molecule has 16 heavy (non-hydrogen) atoms. The van der Waals surface area contributed by atoms with Gasteiger partial charge in [0.05, 0.1) is 24.2 Å². The van der Waals surface area contributed by atoms with Crippen LogP contribution in [0, 0.1) is 13.8 Å². The van der Waals surface area contributed by atoms with Crippen LogP contribution in [0.4, 0.5) is 0 Å². The van der Waals surface area contributed by atoms with Gasteiger partial charge in [-0.05, 0) is 13.8 Å². The van der Waals surface area contributed by atoms with E-state index in [1.165, 1.54) is 0 Å². The van der Waals surface area contributed by atoms with Crippen molar-refractivity contribution >= 4 is 0 Å². The molecule has 0 saturated heterocycles. The van der Waals surface area contributed by atoms with Crippen molar-refractivity contribution in [3.8, 4) is 5.82 Å². The molecule has 0 bridgehead atoms. The highest BCUT2D eigenvalue weighted by molar-refractivity contribution is 5.29. The number of aryl methyl sites for hydroxylation is 2. The lowest BCUT2D eigenvalue weighted by atomic mass is 10.4. The van der Waals surface area contributed by atoms with Gasteiger partial charge in [-0.1, -0.05) is 0 Å². The van der Waals surface area contributed by atoms with Gasteiger partial charge in [0.15, 0.2) is 5.82 Å². The van der Waals surface area contributed by atoms with Gasteiger partial charge in [0.1, 0.15) is 12.0 Å². The maximum atomic E-state index is 5.12. The van der Waals surface area contributed by atoms with E-state index in [0.29, 0.717) is 6.61 Å². The highest BCUT2D eigenvalue weighted by Gasteiger charge is 2.08. The summed E-state index contributed by atoms with van der Waals surface area (Å²) in [6.45, 7) is 4.30. The van der Waals surface area contributed by atoms with Crippen molar-refractivity contribution in [3.05, 3.63) is 35.8 Å². The minimum absolute atomic E-state index is 0.446. The van der Waals surface area contributed by atoms with Gasteiger partial charge in [-0.3, -0.25) is 9.55 Å². The van der Waals surface area contributed by atoms with E-state index >= 15 is 0 Å². The Morgan fingerprint density at radius 1 is 1.25 bits per heavy atom. The zero-order chi connectivity index (χ0) is 11.5. The molecule has 5 nitrogen and oxygen atoms in total. The van der Waals surface area contributed by atoms with E-state index in [1.54, 1.807) is 19.6 Å². The summed E-state index contributed by atoms with van der Waals surface area (Å²) in [5, 5.41) is 0. The molecule has 2 aromatic heterocycles. The lowest BCUT2D eigenvalue weighted by Crippen LogP contribution is -2.05. The van der Waals surface area contributed by atoms with Crippen molar-refractivity contribution in [2.45, 2.75) is 20.5 Å². The number of ether oxygens (including phenoxy) is 1. The molecule has 0 aliphatic carbocycles. The second kappa shape index (κ2) is 4.40. The normalized spacial score (nSPS) is 10.7. The Balaban J connectivity index is 2.47. The number of hydrogen-bond donors (Lipinski definition) is 0. The molecule has 0 saturated carbocycles. The molecule has 0 spiro atoms. The van der Waals surface area contributed by atoms with Crippen LogP contribution in [0.2, 0.25) is 0 Å². The molecule has 0 radical (unpaired) electrons. The summed E-state index contributed by atoms with van der Waals surface area (Å²) in [5.41, 5.74) is 2.65. The zero-order valence-electron chi connectivity index (χ0n) is 9.64. The van der Waals surface area contributed by atoms with Gasteiger partial charge in [0.25, 0.3) is 0 Å². The summed E-state index contributed by atoms with van der Waals surface area (Å²) < 4.78 is 6.97. The Bertz CT molecular complexity index is 492. The summed E-state index contributed by atoms with van der Waals surface area (Å²) in [6.07, 6.45) is 5.39. The molecule has 2 aromatic rings. The highest BCUT2D eigenvalue weighted by atomic mass is 16.5. The zero-order valence-corrected chi connectivity index (χ0v) is 9.64. The Morgan fingerprint density at radius 3 is 2.69 bits per heavy atom. The van der Waals surface area contributed by atoms with E-state index in [9.17, 15) is 0 Å². The molecule has 0 aromatic carbocycles. The minimum atomic E-state index is 0.446. The molecule has 0 N–H and O–H groups in total. The smallest absolute Gasteiger partial charge is 0.162 e. The Morgan fingerprint density at radius 2 is 2.06 bits per heavy atom. The second-order valence-corrected chi connectivity index (χ2v) is 3.64. The topological polar surface area (TPSA) is 52.8 Å². The fourth-order valence-corrected chi connectivity index (χ4v) is 1.51. The molecular weight excluding hydrogens is 204 g/mol. The van der Waals surface area contributed by atoms with Crippen molar-refractivity contribution in [3.63, 3.8) is 0 Å². The number of imidazole rings is 1. The number of rotatable bonds is 3. The van der Waals surface area contributed by atoms with Crippen molar-refractivity contribution in [1.29, 1.82) is 0 Å². The summed E-state index contributed by atoms with van der Waals surface area (Å²) in [5.74, 6) is 0.771. The van der Waals surface area contributed by atoms with E-state index < -0.39 is 0 Å². The van der Waals surface area contributed by atoms with Crippen LogP contribution in [0.25, 0.3) is 5.82 Å². The quantitative estimate of drug-likeness (QED) is 0.782. The van der Waals surface area contributed by atoms with E-state index in [4.69, 9.17) is 4.74 Å². The summed E-state index contributed by atoms with van der Waals surface area (Å²) >= 11 is 0. The van der Waals surface area contributed by atoms with E-state index in [0.717, 1.165) is 22.9 Å². The van der Waals surface area contributed by atoms with Crippen molar-refractivity contribution in [1.82, 2.24) is 19.5 Å². The molecule has 0 unspecified atom stereocenters. The van der Waals surface area contributed by atoms with E-state index in [1.807, 2.05) is 24.6 Å². The van der Waals surface area contributed by atoms with Crippen LogP contribution in [0.15, 0.2) is 18.7 Å². The molecule has 0 aliphatic heterocycles. The maximum absolute atomic E-state index is 5.12. The average Bonchev–Trinajstić information content (AvgIpc) is 2.65. The number of methoxy groups -OCH3 is 1. The van der Waals surface area contributed by atoms with Crippen molar-refractivity contribution in [2.75, 3.05) is 7.11 Å². The van der Waals surface area contributed by atoms with Gasteiger partial charge in [-0.15, -0.1) is 0 Å². The van der Waals surface area contributed by atoms with Crippen LogP contribution in [-0.4, -0.2) is 26.6 Å². The highest BCUT2D eigenvalue weighted by Crippen LogP contribution is 2.11. The third kappa shape index (κ3) is 2.09. The molecule has 2 rings (SSSR count). The molecule has 0 aliphatic rings. The molecular formula is C11H14N4O. The minimum Gasteiger partial charge on any atom is -0.378 e. The van der Waals surface area contributed by atoms with Gasteiger partial charge < -0.3 is 4.74 Å². The monoisotopic (exact) mass is 218 g/mol. The SMILES string of the molecule is COCc1nc(C)cnc1-n1cnc(C)c1. The summed E-state index contributed by atoms with van der Waals surface area (Å²) in [4.78, 5) is 12.9. The Kier molecular flexibility index (Phi) is 2.96. The summed E-state index contributed by atoms with van der Waals surface area (Å²) in [6, 6.07) is 0. The first-order chi connectivity index (χ1) is 7.70. The van der Waals surface area contributed by atoms with E-state index in [-0.39, 0.29) is 0 Å². The van der Waals surface area contributed by atoms with Crippen LogP contribution in [0.3, 0.4) is 0 Å². The fraction of sp³-hybridized carbons (Fsp3) is 0.364. The molecule has 0 amide bonds. The van der Waals surface area contributed by atoms with Crippen LogP contribution < -0.4 is 0 Å². The molecule has 0 fully saturated rings. The number of aromatic nitrogens is 4. The van der Waals surface area contributed by atoms with E-state index in [2.05, 4.69) is 15.0 Å². The lowest BCUT2D eigenvalue weighted by molar-refractivity contribution is 0.181. The van der Waals surface area contributed by atoms with Gasteiger partial charge in [-0.25, -0.2) is 9.97 Å². The lowest BCUT2D eigenvalue weighted by Gasteiger charge is -2.07. The maximum Gasteiger partial charge on any atom is 0.162 e. The standard InChI is InChI=1S/C11H14N4O/c1-8-4-12-11(10(14-8)6-16-3)15-5-9(2)13-7-15/h4-5,7H,6H2,1-3H3. The Hall–Kier alpha value is -1.75. The molecule has 5 heteroatoms. The van der Waals surface area contributed by atoms with Crippen LogP contribution in [0.1, 0.15) is 17.1 Å². The fourth-order valence-electron chi connectivity index (χ4n) is 1.51. The second-order valence-electron chi connectivity index (χ2n) is 3.64.